The van der Waals surface area contributed by atoms with Crippen molar-refractivity contribution in [1.29, 1.82) is 0 Å². The Morgan fingerprint density at radius 3 is 2.33 bits per heavy atom. The molecule has 0 radical (unpaired) electrons. The summed E-state index contributed by atoms with van der Waals surface area (Å²) < 4.78 is 28.5. The van der Waals surface area contributed by atoms with E-state index in [4.69, 9.17) is 0 Å². The third-order valence-corrected chi connectivity index (χ3v) is 8.89. The van der Waals surface area contributed by atoms with E-state index in [1.807, 2.05) is 31.2 Å². The molecule has 1 aliphatic heterocycles. The number of benzene rings is 2. The van der Waals surface area contributed by atoms with Gasteiger partial charge >= 0.3 is 5.97 Å². The standard InChI is InChI=1S/C29H36N4O6S/c1-18(2)26(32-40(38,39)22-10-8-19(3)9-11-22)28(35)33-14-12-20(13-15-33)27(34)31-25(29(36)37)16-21-17-30-24-7-5-4-6-23(21)24/h4-11,17-18,20,25-26,30,32H,12-16H2,1-3H3,(H,31,34)(H,36,37)/t25-,26+/m1/s1. The highest BCUT2D eigenvalue weighted by molar-refractivity contribution is 7.89. The molecule has 2 atom stereocenters. The fourth-order valence-electron chi connectivity index (χ4n) is 4.99. The second kappa shape index (κ2) is 12.2. The topological polar surface area (TPSA) is 149 Å². The smallest absolute Gasteiger partial charge is 0.326 e. The van der Waals surface area contributed by atoms with Crippen LogP contribution in [-0.4, -0.2) is 66.4 Å². The maximum Gasteiger partial charge on any atom is 0.326 e. The number of nitrogens with zero attached hydrogens (tertiary/aromatic N) is 1. The average Bonchev–Trinajstić information content (AvgIpc) is 3.34. The maximum absolute atomic E-state index is 13.3. The molecule has 0 saturated carbocycles. The summed E-state index contributed by atoms with van der Waals surface area (Å²) in [5, 5.41) is 13.4. The minimum absolute atomic E-state index is 0.0903. The number of piperidine rings is 1. The molecule has 0 unspecified atom stereocenters. The Balaban J connectivity index is 1.35. The van der Waals surface area contributed by atoms with Crippen LogP contribution in [-0.2, 0) is 30.8 Å². The molecule has 2 amide bonds. The summed E-state index contributed by atoms with van der Waals surface area (Å²) in [4.78, 5) is 43.1. The number of carboxylic acids is 1. The number of rotatable bonds is 10. The molecule has 11 heteroatoms. The molecular formula is C29H36N4O6S. The number of fused-ring (bicyclic) bond motifs is 1. The first-order valence-corrected chi connectivity index (χ1v) is 14.9. The first-order valence-electron chi connectivity index (χ1n) is 13.4. The van der Waals surface area contributed by atoms with Crippen molar-refractivity contribution in [1.82, 2.24) is 19.9 Å². The molecule has 4 rings (SSSR count). The number of carbonyl (C=O) groups is 3. The number of hydrogen-bond acceptors (Lipinski definition) is 5. The van der Waals surface area contributed by atoms with Crippen molar-refractivity contribution in [3.8, 4) is 0 Å². The third-order valence-electron chi connectivity index (χ3n) is 7.44. The Kier molecular flexibility index (Phi) is 8.95. The van der Waals surface area contributed by atoms with Crippen molar-refractivity contribution in [3.05, 3.63) is 65.9 Å². The van der Waals surface area contributed by atoms with Crippen LogP contribution < -0.4 is 10.0 Å². The third kappa shape index (κ3) is 6.71. The van der Waals surface area contributed by atoms with Crippen LogP contribution in [0.25, 0.3) is 10.9 Å². The van der Waals surface area contributed by atoms with Gasteiger partial charge in [0.25, 0.3) is 0 Å². The predicted molar refractivity (Wildman–Crippen MR) is 151 cm³/mol. The lowest BCUT2D eigenvalue weighted by Crippen LogP contribution is -2.54. The van der Waals surface area contributed by atoms with Crippen LogP contribution in [0.4, 0.5) is 0 Å². The van der Waals surface area contributed by atoms with Crippen LogP contribution in [0, 0.1) is 18.8 Å². The zero-order chi connectivity index (χ0) is 29.0. The molecule has 2 heterocycles. The van der Waals surface area contributed by atoms with Crippen molar-refractivity contribution >= 4 is 38.7 Å². The zero-order valence-corrected chi connectivity index (χ0v) is 23.7. The summed E-state index contributed by atoms with van der Waals surface area (Å²) in [6.45, 7) is 5.96. The molecule has 4 N–H and O–H groups in total. The van der Waals surface area contributed by atoms with Gasteiger partial charge in [0.05, 0.1) is 4.90 Å². The van der Waals surface area contributed by atoms with Gasteiger partial charge < -0.3 is 20.3 Å². The zero-order valence-electron chi connectivity index (χ0n) is 22.9. The lowest BCUT2D eigenvalue weighted by molar-refractivity contribution is -0.143. The van der Waals surface area contributed by atoms with Crippen LogP contribution in [0.1, 0.15) is 37.8 Å². The Bertz CT molecular complexity index is 1470. The molecule has 0 bridgehead atoms. The van der Waals surface area contributed by atoms with E-state index in [1.165, 1.54) is 12.1 Å². The van der Waals surface area contributed by atoms with Crippen molar-refractivity contribution in [2.45, 2.75) is 57.0 Å². The lowest BCUT2D eigenvalue weighted by Gasteiger charge is -2.35. The van der Waals surface area contributed by atoms with E-state index in [0.29, 0.717) is 12.8 Å². The number of aliphatic carboxylic acids is 1. The van der Waals surface area contributed by atoms with E-state index in [0.717, 1.165) is 22.0 Å². The van der Waals surface area contributed by atoms with Gasteiger partial charge in [0.2, 0.25) is 21.8 Å². The van der Waals surface area contributed by atoms with Gasteiger partial charge in [0.15, 0.2) is 0 Å². The van der Waals surface area contributed by atoms with Crippen molar-refractivity contribution in [2.24, 2.45) is 11.8 Å². The monoisotopic (exact) mass is 568 g/mol. The summed E-state index contributed by atoms with van der Waals surface area (Å²) in [6.07, 6.45) is 2.60. The minimum atomic E-state index is -3.91. The SMILES string of the molecule is Cc1ccc(S(=O)(=O)N[C@H](C(=O)N2CCC(C(=O)N[C@H](Cc3c[nH]c4ccccc34)C(=O)O)CC2)C(C)C)cc1. The van der Waals surface area contributed by atoms with E-state index in [9.17, 15) is 27.9 Å². The molecule has 3 aromatic rings. The highest BCUT2D eigenvalue weighted by Crippen LogP contribution is 2.22. The van der Waals surface area contributed by atoms with E-state index < -0.39 is 34.0 Å². The van der Waals surface area contributed by atoms with Crippen LogP contribution in [0.15, 0.2) is 59.6 Å². The van der Waals surface area contributed by atoms with Gasteiger partial charge in [-0.05, 0) is 49.4 Å². The molecule has 214 valence electrons. The number of sulfonamides is 1. The normalized spacial score (nSPS) is 16.1. The number of H-pyrrole nitrogens is 1. The molecule has 10 nitrogen and oxygen atoms in total. The quantitative estimate of drug-likeness (QED) is 0.296. The Hall–Kier alpha value is -3.70. The molecule has 1 fully saturated rings. The highest BCUT2D eigenvalue weighted by atomic mass is 32.2. The maximum atomic E-state index is 13.3. The van der Waals surface area contributed by atoms with Crippen LogP contribution >= 0.6 is 0 Å². The second-order valence-electron chi connectivity index (χ2n) is 10.7. The van der Waals surface area contributed by atoms with Crippen LogP contribution in [0.2, 0.25) is 0 Å². The van der Waals surface area contributed by atoms with Gasteiger partial charge in [-0.3, -0.25) is 9.59 Å². The van der Waals surface area contributed by atoms with Gasteiger partial charge in [0, 0.05) is 42.5 Å². The van der Waals surface area contributed by atoms with Gasteiger partial charge in [-0.1, -0.05) is 49.7 Å². The fraction of sp³-hybridized carbons (Fsp3) is 0.414. The Morgan fingerprint density at radius 2 is 1.70 bits per heavy atom. The van der Waals surface area contributed by atoms with Crippen molar-refractivity contribution < 1.29 is 27.9 Å². The fourth-order valence-corrected chi connectivity index (χ4v) is 6.33. The van der Waals surface area contributed by atoms with Gasteiger partial charge in [0.1, 0.15) is 12.1 Å². The predicted octanol–water partition coefficient (Wildman–Crippen LogP) is 2.83. The van der Waals surface area contributed by atoms with E-state index in [1.54, 1.807) is 37.1 Å². The summed E-state index contributed by atoms with van der Waals surface area (Å²) in [7, 11) is -3.91. The van der Waals surface area contributed by atoms with E-state index >= 15 is 0 Å². The molecule has 40 heavy (non-hydrogen) atoms. The number of hydrogen-bond donors (Lipinski definition) is 4. The number of carbonyl (C=O) groups excluding carboxylic acids is 2. The van der Waals surface area contributed by atoms with Gasteiger partial charge in [-0.25, -0.2) is 13.2 Å². The molecule has 1 saturated heterocycles. The minimum Gasteiger partial charge on any atom is -0.480 e. The summed E-state index contributed by atoms with van der Waals surface area (Å²) in [5.74, 6) is -2.57. The number of nitrogens with one attached hydrogen (secondary N) is 3. The van der Waals surface area contributed by atoms with Crippen LogP contribution in [0.5, 0.6) is 0 Å². The molecule has 0 spiro atoms. The number of para-hydroxylation sites is 1. The average molecular weight is 569 g/mol. The Morgan fingerprint density at radius 1 is 1.05 bits per heavy atom. The van der Waals surface area contributed by atoms with Crippen molar-refractivity contribution in [2.75, 3.05) is 13.1 Å². The Labute approximate surface area is 234 Å². The lowest BCUT2D eigenvalue weighted by atomic mass is 9.93. The number of likely N-dealkylation sites (tertiary alicyclic amines) is 1. The largest absolute Gasteiger partial charge is 0.480 e. The number of aryl methyl sites for hydroxylation is 1. The molecule has 0 aliphatic carbocycles. The molecule has 1 aromatic heterocycles. The van der Waals surface area contributed by atoms with Gasteiger partial charge in [-0.2, -0.15) is 4.72 Å². The van der Waals surface area contributed by atoms with E-state index in [-0.39, 0.29) is 42.1 Å². The molecular weight excluding hydrogens is 532 g/mol. The molecule has 1 aliphatic rings. The number of amides is 2. The number of aromatic amines is 1. The van der Waals surface area contributed by atoms with Gasteiger partial charge in [-0.15, -0.1) is 0 Å². The second-order valence-corrected chi connectivity index (χ2v) is 12.4. The first-order chi connectivity index (χ1) is 19.0. The van der Waals surface area contributed by atoms with E-state index in [2.05, 4.69) is 15.0 Å². The highest BCUT2D eigenvalue weighted by Gasteiger charge is 2.35. The van der Waals surface area contributed by atoms with Crippen LogP contribution in [0.3, 0.4) is 0 Å². The number of carboxylic acid groups (broad SMARTS) is 1. The number of aromatic nitrogens is 1. The first kappa shape index (κ1) is 29.3. The summed E-state index contributed by atoms with van der Waals surface area (Å²) in [5.41, 5.74) is 2.62. The summed E-state index contributed by atoms with van der Waals surface area (Å²) in [6, 6.07) is 11.9. The van der Waals surface area contributed by atoms with Crippen molar-refractivity contribution in [3.63, 3.8) is 0 Å². The summed E-state index contributed by atoms with van der Waals surface area (Å²) >= 11 is 0. The molecule has 2 aromatic carbocycles.